The third kappa shape index (κ3) is 1.48. The molecule has 0 fully saturated rings. The molecule has 0 spiro atoms. The Balaban J connectivity index is 2.58. The van der Waals surface area contributed by atoms with Gasteiger partial charge in [0.05, 0.1) is 10.2 Å². The van der Waals surface area contributed by atoms with Crippen LogP contribution < -0.4 is 5.56 Å². The Morgan fingerprint density at radius 2 is 2.17 bits per heavy atom. The quantitative estimate of drug-likeness (QED) is 0.703. The molecule has 3 rings (SSSR count). The number of thiophene rings is 1. The second-order valence-electron chi connectivity index (χ2n) is 4.60. The summed E-state index contributed by atoms with van der Waals surface area (Å²) < 4.78 is 15.4. The molecule has 3 heterocycles. The van der Waals surface area contributed by atoms with Crippen molar-refractivity contribution in [2.45, 2.75) is 19.4 Å². The standard InChI is InChI=1S/C11H10FN3O2S/c1-11(2,17)10-14-13-9(16)6-3-7-5(15(6)10)4-8(12)18-7/h3-4,17H,1-2H3,(H,13,16). The molecule has 0 amide bonds. The molecule has 2 N–H and O–H groups in total. The smallest absolute Gasteiger partial charge is 0.288 e. The summed E-state index contributed by atoms with van der Waals surface area (Å²) in [7, 11) is 0. The Bertz CT molecular complexity index is 809. The molecule has 94 valence electrons. The van der Waals surface area contributed by atoms with Gasteiger partial charge in [-0.25, -0.2) is 5.10 Å². The van der Waals surface area contributed by atoms with Crippen molar-refractivity contribution in [3.63, 3.8) is 0 Å². The Labute approximate surface area is 104 Å². The van der Waals surface area contributed by atoms with Gasteiger partial charge < -0.3 is 5.11 Å². The molecule has 0 bridgehead atoms. The van der Waals surface area contributed by atoms with Crippen molar-refractivity contribution in [1.82, 2.24) is 14.6 Å². The highest BCUT2D eigenvalue weighted by atomic mass is 32.1. The minimum Gasteiger partial charge on any atom is -0.382 e. The van der Waals surface area contributed by atoms with Crippen LogP contribution in [0.3, 0.4) is 0 Å². The Morgan fingerprint density at radius 3 is 2.83 bits per heavy atom. The number of nitrogens with one attached hydrogen (secondary N) is 1. The van der Waals surface area contributed by atoms with Crippen LogP contribution in [-0.4, -0.2) is 19.7 Å². The summed E-state index contributed by atoms with van der Waals surface area (Å²) in [6.45, 7) is 3.11. The van der Waals surface area contributed by atoms with Crippen molar-refractivity contribution >= 4 is 27.1 Å². The van der Waals surface area contributed by atoms with Gasteiger partial charge in [-0.15, -0.1) is 11.3 Å². The van der Waals surface area contributed by atoms with E-state index in [1.54, 1.807) is 19.9 Å². The Morgan fingerprint density at radius 1 is 1.44 bits per heavy atom. The maximum Gasteiger partial charge on any atom is 0.288 e. The van der Waals surface area contributed by atoms with Crippen LogP contribution in [0.4, 0.5) is 4.39 Å². The molecule has 0 aromatic carbocycles. The van der Waals surface area contributed by atoms with E-state index in [4.69, 9.17) is 0 Å². The molecular weight excluding hydrogens is 257 g/mol. The minimum absolute atomic E-state index is 0.268. The predicted molar refractivity (Wildman–Crippen MR) is 66.4 cm³/mol. The summed E-state index contributed by atoms with van der Waals surface area (Å²) >= 11 is 0.956. The summed E-state index contributed by atoms with van der Waals surface area (Å²) in [5.41, 5.74) is -0.717. The lowest BCUT2D eigenvalue weighted by Gasteiger charge is -2.17. The monoisotopic (exact) mass is 267 g/mol. The Kier molecular flexibility index (Phi) is 2.14. The molecular formula is C11H10FN3O2S. The fraction of sp³-hybridized carbons (Fsp3) is 0.273. The predicted octanol–water partition coefficient (Wildman–Crippen LogP) is 1.60. The number of halogens is 1. The number of H-pyrrole nitrogens is 1. The first-order valence-corrected chi connectivity index (χ1v) is 6.11. The third-order valence-corrected chi connectivity index (χ3v) is 3.57. The average Bonchev–Trinajstić information content (AvgIpc) is 2.74. The summed E-state index contributed by atoms with van der Waals surface area (Å²) in [5.74, 6) is 0.268. The maximum atomic E-state index is 13.2. The van der Waals surface area contributed by atoms with E-state index in [0.717, 1.165) is 11.3 Å². The number of nitrogens with zero attached hydrogens (tertiary/aromatic N) is 2. The first-order chi connectivity index (χ1) is 8.38. The summed E-state index contributed by atoms with van der Waals surface area (Å²) in [6, 6.07) is 2.93. The molecule has 0 unspecified atom stereocenters. The van der Waals surface area contributed by atoms with E-state index in [2.05, 4.69) is 10.2 Å². The number of aliphatic hydroxyl groups is 1. The molecule has 3 aromatic rings. The van der Waals surface area contributed by atoms with E-state index in [-0.39, 0.29) is 16.5 Å². The van der Waals surface area contributed by atoms with Gasteiger partial charge in [0.25, 0.3) is 5.56 Å². The van der Waals surface area contributed by atoms with Gasteiger partial charge in [-0.05, 0) is 19.9 Å². The molecule has 18 heavy (non-hydrogen) atoms. The zero-order valence-corrected chi connectivity index (χ0v) is 10.5. The summed E-state index contributed by atoms with van der Waals surface area (Å²) in [6.07, 6.45) is 0. The average molecular weight is 267 g/mol. The summed E-state index contributed by atoms with van der Waals surface area (Å²) in [5, 5.41) is 15.9. The van der Waals surface area contributed by atoms with Gasteiger partial charge in [-0.2, -0.15) is 9.49 Å². The molecule has 0 aliphatic rings. The van der Waals surface area contributed by atoms with Crippen molar-refractivity contribution in [2.75, 3.05) is 0 Å². The molecule has 3 aromatic heterocycles. The zero-order chi connectivity index (χ0) is 13.1. The van der Waals surface area contributed by atoms with Gasteiger partial charge in [0.15, 0.2) is 11.0 Å². The number of fused-ring (bicyclic) bond motifs is 3. The first-order valence-electron chi connectivity index (χ1n) is 5.30. The first kappa shape index (κ1) is 11.4. The highest BCUT2D eigenvalue weighted by Crippen LogP contribution is 2.29. The number of aromatic nitrogens is 3. The largest absolute Gasteiger partial charge is 0.382 e. The van der Waals surface area contributed by atoms with Crippen molar-refractivity contribution in [2.24, 2.45) is 0 Å². The van der Waals surface area contributed by atoms with Gasteiger partial charge in [0, 0.05) is 6.07 Å². The fourth-order valence-corrected chi connectivity index (χ4v) is 2.78. The lowest BCUT2D eigenvalue weighted by Crippen LogP contribution is -2.26. The minimum atomic E-state index is -1.24. The number of hydrogen-bond acceptors (Lipinski definition) is 4. The van der Waals surface area contributed by atoms with Crippen molar-refractivity contribution in [3.05, 3.63) is 33.4 Å². The molecule has 0 aliphatic heterocycles. The third-order valence-electron chi connectivity index (χ3n) is 2.71. The molecule has 5 nitrogen and oxygen atoms in total. The van der Waals surface area contributed by atoms with Crippen LogP contribution in [0.5, 0.6) is 0 Å². The summed E-state index contributed by atoms with van der Waals surface area (Å²) in [4.78, 5) is 11.7. The topological polar surface area (TPSA) is 70.4 Å². The second-order valence-corrected chi connectivity index (χ2v) is 5.63. The normalized spacial score (nSPS) is 12.7. The van der Waals surface area contributed by atoms with E-state index in [0.29, 0.717) is 15.7 Å². The van der Waals surface area contributed by atoms with Gasteiger partial charge in [0.1, 0.15) is 11.1 Å². The van der Waals surface area contributed by atoms with Crippen molar-refractivity contribution in [1.29, 1.82) is 0 Å². The van der Waals surface area contributed by atoms with Crippen LogP contribution in [0.2, 0.25) is 0 Å². The fourth-order valence-electron chi connectivity index (χ4n) is 1.98. The Hall–Kier alpha value is -1.73. The van der Waals surface area contributed by atoms with Crippen molar-refractivity contribution < 1.29 is 9.50 Å². The lowest BCUT2D eigenvalue weighted by atomic mass is 10.1. The molecule has 0 aliphatic carbocycles. The zero-order valence-electron chi connectivity index (χ0n) is 9.69. The van der Waals surface area contributed by atoms with Crippen LogP contribution in [-0.2, 0) is 5.60 Å². The molecule has 0 atom stereocenters. The highest BCUT2D eigenvalue weighted by Gasteiger charge is 2.24. The van der Waals surface area contributed by atoms with Crippen LogP contribution in [0.15, 0.2) is 16.9 Å². The van der Waals surface area contributed by atoms with Crippen LogP contribution >= 0.6 is 11.3 Å². The molecule has 7 heteroatoms. The van der Waals surface area contributed by atoms with E-state index in [1.165, 1.54) is 10.5 Å². The van der Waals surface area contributed by atoms with Gasteiger partial charge in [-0.1, -0.05) is 0 Å². The van der Waals surface area contributed by atoms with Crippen LogP contribution in [0.25, 0.3) is 15.7 Å². The van der Waals surface area contributed by atoms with Gasteiger partial charge >= 0.3 is 0 Å². The lowest BCUT2D eigenvalue weighted by molar-refractivity contribution is 0.0664. The number of aromatic amines is 1. The number of hydrogen-bond donors (Lipinski definition) is 2. The van der Waals surface area contributed by atoms with E-state index in [1.807, 2.05) is 0 Å². The molecule has 0 radical (unpaired) electrons. The maximum absolute atomic E-state index is 13.2. The van der Waals surface area contributed by atoms with Crippen LogP contribution in [0.1, 0.15) is 19.7 Å². The van der Waals surface area contributed by atoms with Gasteiger partial charge in [0.2, 0.25) is 0 Å². The number of rotatable bonds is 1. The SMILES string of the molecule is CC(C)(O)c1n[nH]c(=O)c2cc3sc(F)cc3n12. The molecule has 0 saturated heterocycles. The van der Waals surface area contributed by atoms with E-state index < -0.39 is 5.60 Å². The van der Waals surface area contributed by atoms with E-state index in [9.17, 15) is 14.3 Å². The van der Waals surface area contributed by atoms with Gasteiger partial charge in [-0.3, -0.25) is 9.20 Å². The second kappa shape index (κ2) is 3.39. The highest BCUT2D eigenvalue weighted by molar-refractivity contribution is 7.17. The van der Waals surface area contributed by atoms with E-state index >= 15 is 0 Å². The van der Waals surface area contributed by atoms with Crippen LogP contribution in [0, 0.1) is 5.13 Å². The van der Waals surface area contributed by atoms with Crippen molar-refractivity contribution in [3.8, 4) is 0 Å². The molecule has 0 saturated carbocycles.